The van der Waals surface area contributed by atoms with Crippen LogP contribution in [0.4, 0.5) is 20.2 Å². The lowest BCUT2D eigenvalue weighted by Crippen LogP contribution is -2.17. The fourth-order valence-corrected chi connectivity index (χ4v) is 3.38. The Kier molecular flexibility index (Phi) is 3.98. The van der Waals surface area contributed by atoms with Crippen molar-refractivity contribution in [3.63, 3.8) is 0 Å². The summed E-state index contributed by atoms with van der Waals surface area (Å²) in [6.07, 6.45) is 5.95. The van der Waals surface area contributed by atoms with E-state index in [4.69, 9.17) is 4.74 Å². The lowest BCUT2D eigenvalue weighted by atomic mass is 10.0. The number of amidine groups is 1. The monoisotopic (exact) mass is 379 g/mol. The van der Waals surface area contributed by atoms with Crippen LogP contribution in [-0.2, 0) is 4.74 Å². The van der Waals surface area contributed by atoms with E-state index in [2.05, 4.69) is 25.5 Å². The molecule has 2 aliphatic rings. The van der Waals surface area contributed by atoms with Gasteiger partial charge in [-0.3, -0.25) is 10.1 Å². The second kappa shape index (κ2) is 6.65. The smallest absolute Gasteiger partial charge is 0.144 e. The van der Waals surface area contributed by atoms with E-state index in [9.17, 15) is 8.78 Å². The summed E-state index contributed by atoms with van der Waals surface area (Å²) in [4.78, 5) is 8.94. The average molecular weight is 379 g/mol. The Morgan fingerprint density at radius 1 is 1.11 bits per heavy atom. The fraction of sp³-hybridized carbons (Fsp3) is 0.150. The summed E-state index contributed by atoms with van der Waals surface area (Å²) in [5, 5.41) is 10.0. The molecule has 0 saturated heterocycles. The number of aromatic nitrogens is 3. The zero-order valence-electron chi connectivity index (χ0n) is 14.7. The first-order chi connectivity index (χ1) is 13.7. The molecule has 2 aliphatic heterocycles. The Morgan fingerprint density at radius 2 is 1.96 bits per heavy atom. The third-order valence-electron chi connectivity index (χ3n) is 4.77. The van der Waals surface area contributed by atoms with E-state index in [-0.39, 0.29) is 11.4 Å². The van der Waals surface area contributed by atoms with Crippen molar-refractivity contribution in [2.45, 2.75) is 6.42 Å². The fourth-order valence-electron chi connectivity index (χ4n) is 3.38. The average Bonchev–Trinajstić information content (AvgIpc) is 3.11. The van der Waals surface area contributed by atoms with Gasteiger partial charge in [0.2, 0.25) is 0 Å². The number of rotatable bonds is 2. The molecule has 2 N–H and O–H groups in total. The summed E-state index contributed by atoms with van der Waals surface area (Å²) >= 11 is 0. The minimum absolute atomic E-state index is 0.0665. The largest absolute Gasteiger partial charge is 0.377 e. The van der Waals surface area contributed by atoms with E-state index in [1.54, 1.807) is 6.20 Å². The predicted molar refractivity (Wildman–Crippen MR) is 101 cm³/mol. The first-order valence-electron chi connectivity index (χ1n) is 8.82. The Balaban J connectivity index is 1.65. The number of pyridine rings is 1. The molecule has 0 aliphatic carbocycles. The van der Waals surface area contributed by atoms with Crippen molar-refractivity contribution in [3.8, 4) is 11.3 Å². The maximum Gasteiger partial charge on any atom is 0.144 e. The molecule has 0 unspecified atom stereocenters. The predicted octanol–water partition coefficient (Wildman–Crippen LogP) is 4.06. The summed E-state index contributed by atoms with van der Waals surface area (Å²) in [5.41, 5.74) is 4.21. The molecular formula is C20H15F2N5O. The van der Waals surface area contributed by atoms with E-state index in [0.29, 0.717) is 30.3 Å². The molecule has 0 spiro atoms. The summed E-state index contributed by atoms with van der Waals surface area (Å²) in [5.74, 6) is -1.33. The van der Waals surface area contributed by atoms with Crippen LogP contribution in [0.3, 0.4) is 0 Å². The summed E-state index contributed by atoms with van der Waals surface area (Å²) in [7, 11) is 0. The van der Waals surface area contributed by atoms with Crippen LogP contribution in [-0.4, -0.2) is 34.2 Å². The van der Waals surface area contributed by atoms with Crippen molar-refractivity contribution in [2.75, 3.05) is 18.5 Å². The van der Waals surface area contributed by atoms with Gasteiger partial charge in [-0.25, -0.2) is 13.8 Å². The van der Waals surface area contributed by atoms with Gasteiger partial charge in [0.15, 0.2) is 0 Å². The number of nitrogens with one attached hydrogen (secondary N) is 2. The van der Waals surface area contributed by atoms with Crippen LogP contribution in [0, 0.1) is 11.6 Å². The molecule has 0 radical (unpaired) electrons. The van der Waals surface area contributed by atoms with Gasteiger partial charge in [-0.1, -0.05) is 12.1 Å². The van der Waals surface area contributed by atoms with E-state index in [1.807, 2.05) is 12.1 Å². The van der Waals surface area contributed by atoms with Crippen molar-refractivity contribution in [3.05, 3.63) is 65.6 Å². The molecule has 6 nitrogen and oxygen atoms in total. The molecule has 2 aromatic heterocycles. The Hall–Kier alpha value is -3.39. The molecule has 0 saturated carbocycles. The molecule has 4 heterocycles. The van der Waals surface area contributed by atoms with E-state index < -0.39 is 11.6 Å². The van der Waals surface area contributed by atoms with Crippen molar-refractivity contribution in [1.29, 1.82) is 0 Å². The van der Waals surface area contributed by atoms with Crippen LogP contribution in [0.2, 0.25) is 0 Å². The summed E-state index contributed by atoms with van der Waals surface area (Å²) < 4.78 is 34.0. The van der Waals surface area contributed by atoms with Crippen LogP contribution >= 0.6 is 0 Å². The van der Waals surface area contributed by atoms with Gasteiger partial charge in [0.25, 0.3) is 0 Å². The lowest BCUT2D eigenvalue weighted by molar-refractivity contribution is 0.161. The standard InChI is InChI=1S/C20H15F2N5O/c21-13-2-1-3-14(22)18(13)20-25-16-9-23-15(11-4-6-28-7-5-11)8-12(16)19-17(26-20)10-24-27-19/h1-4,8-10H,5-7H2,(H,24,27)(H,25,26). The van der Waals surface area contributed by atoms with Crippen LogP contribution in [0.15, 0.2) is 47.7 Å². The number of ether oxygens (including phenoxy) is 1. The van der Waals surface area contributed by atoms with Crippen molar-refractivity contribution in [2.24, 2.45) is 4.99 Å². The van der Waals surface area contributed by atoms with Crippen molar-refractivity contribution < 1.29 is 13.5 Å². The number of nitrogens with zero attached hydrogens (tertiary/aromatic N) is 3. The number of benzene rings is 1. The first-order valence-corrected chi connectivity index (χ1v) is 8.82. The van der Waals surface area contributed by atoms with E-state index >= 15 is 0 Å². The maximum absolute atomic E-state index is 14.3. The van der Waals surface area contributed by atoms with Crippen molar-refractivity contribution >= 4 is 22.8 Å². The minimum Gasteiger partial charge on any atom is -0.377 e. The van der Waals surface area contributed by atoms with Gasteiger partial charge in [-0.05, 0) is 30.2 Å². The zero-order chi connectivity index (χ0) is 19.1. The van der Waals surface area contributed by atoms with Gasteiger partial charge in [0.1, 0.15) is 23.2 Å². The Morgan fingerprint density at radius 3 is 2.75 bits per heavy atom. The molecule has 0 atom stereocenters. The van der Waals surface area contributed by atoms with Gasteiger partial charge in [0.05, 0.1) is 48.2 Å². The summed E-state index contributed by atoms with van der Waals surface area (Å²) in [6, 6.07) is 5.64. The quantitative estimate of drug-likeness (QED) is 0.704. The lowest BCUT2D eigenvalue weighted by Gasteiger charge is -2.16. The number of aliphatic imine (C=N–C) groups is 1. The van der Waals surface area contributed by atoms with Gasteiger partial charge < -0.3 is 10.1 Å². The highest BCUT2D eigenvalue weighted by Gasteiger charge is 2.24. The molecule has 28 heavy (non-hydrogen) atoms. The molecule has 140 valence electrons. The minimum atomic E-state index is -0.698. The van der Waals surface area contributed by atoms with Gasteiger partial charge >= 0.3 is 0 Å². The molecule has 0 fully saturated rings. The van der Waals surface area contributed by atoms with Gasteiger partial charge in [-0.15, -0.1) is 0 Å². The Labute approximate surface area is 159 Å². The number of hydrogen-bond acceptors (Lipinski definition) is 5. The van der Waals surface area contributed by atoms with Crippen LogP contribution in [0.5, 0.6) is 0 Å². The van der Waals surface area contributed by atoms with E-state index in [1.165, 1.54) is 24.4 Å². The Bertz CT molecular complexity index is 1120. The highest BCUT2D eigenvalue weighted by Crippen LogP contribution is 2.38. The number of anilines is 1. The molecule has 8 heteroatoms. The molecule has 0 amide bonds. The normalized spacial score (nSPS) is 15.6. The number of hydrogen-bond donors (Lipinski definition) is 2. The van der Waals surface area contributed by atoms with Crippen molar-refractivity contribution in [1.82, 2.24) is 15.2 Å². The molecule has 3 aromatic rings. The third kappa shape index (κ3) is 2.78. The van der Waals surface area contributed by atoms with Crippen LogP contribution < -0.4 is 5.32 Å². The van der Waals surface area contributed by atoms with Crippen LogP contribution in [0.1, 0.15) is 17.7 Å². The second-order valence-corrected chi connectivity index (χ2v) is 6.48. The highest BCUT2D eigenvalue weighted by molar-refractivity contribution is 6.13. The van der Waals surface area contributed by atoms with Crippen LogP contribution in [0.25, 0.3) is 16.8 Å². The number of H-pyrrole nitrogens is 1. The molecule has 0 bridgehead atoms. The summed E-state index contributed by atoms with van der Waals surface area (Å²) in [6.45, 7) is 1.21. The zero-order valence-corrected chi connectivity index (χ0v) is 14.7. The number of fused-ring (bicyclic) bond motifs is 3. The second-order valence-electron chi connectivity index (χ2n) is 6.48. The number of aromatic amines is 1. The third-order valence-corrected chi connectivity index (χ3v) is 4.77. The molecular weight excluding hydrogens is 364 g/mol. The maximum atomic E-state index is 14.3. The van der Waals surface area contributed by atoms with Gasteiger partial charge in [0, 0.05) is 5.56 Å². The van der Waals surface area contributed by atoms with Gasteiger partial charge in [-0.2, -0.15) is 5.10 Å². The van der Waals surface area contributed by atoms with E-state index in [0.717, 1.165) is 23.3 Å². The molecule has 5 rings (SSSR count). The SMILES string of the molecule is Fc1cccc(F)c1C1=Nc2cn[nH]c2-c2cc(C3=CCOCC3)ncc2N1. The number of halogens is 2. The highest BCUT2D eigenvalue weighted by atomic mass is 19.1. The topological polar surface area (TPSA) is 75.2 Å². The first kappa shape index (κ1) is 16.8. The molecule has 1 aromatic carbocycles.